The molecule has 0 aliphatic heterocycles. The van der Waals surface area contributed by atoms with Crippen molar-refractivity contribution in [2.24, 2.45) is 0 Å². The Bertz CT molecular complexity index is 428. The van der Waals surface area contributed by atoms with Crippen molar-refractivity contribution >= 4 is 12.4 Å². The highest BCUT2D eigenvalue weighted by Crippen LogP contribution is 2.15. The molecule has 1 rings (SSSR count). The minimum Gasteiger partial charge on any atom is -0.304 e. The van der Waals surface area contributed by atoms with Crippen LogP contribution >= 0.6 is 12.4 Å². The van der Waals surface area contributed by atoms with Crippen molar-refractivity contribution in [3.05, 3.63) is 35.4 Å². The summed E-state index contributed by atoms with van der Waals surface area (Å²) >= 11 is 0. The maximum atomic E-state index is 2.54. The van der Waals surface area contributed by atoms with Gasteiger partial charge in [-0.3, -0.25) is 0 Å². The van der Waals surface area contributed by atoms with Gasteiger partial charge in [0.2, 0.25) is 0 Å². The first-order chi connectivity index (χ1) is 12.8. The van der Waals surface area contributed by atoms with E-state index in [2.05, 4.69) is 49.9 Å². The Morgan fingerprint density at radius 2 is 1.07 bits per heavy atom. The van der Waals surface area contributed by atoms with Crippen LogP contribution in [0.15, 0.2) is 24.3 Å². The smallest absolute Gasteiger partial charge is 0.00190 e. The summed E-state index contributed by atoms with van der Waals surface area (Å²) in [4.78, 5) is 2.54. The molecular formula is C25H46ClN. The third-order valence-electron chi connectivity index (χ3n) is 5.83. The van der Waals surface area contributed by atoms with Gasteiger partial charge in [0.15, 0.2) is 0 Å². The van der Waals surface area contributed by atoms with E-state index in [1.54, 1.807) is 5.56 Å². The van der Waals surface area contributed by atoms with E-state index in [1.165, 1.54) is 109 Å². The van der Waals surface area contributed by atoms with Crippen LogP contribution in [-0.4, -0.2) is 24.5 Å². The van der Waals surface area contributed by atoms with E-state index < -0.39 is 0 Å². The van der Waals surface area contributed by atoms with Crippen molar-refractivity contribution in [3.63, 3.8) is 0 Å². The largest absolute Gasteiger partial charge is 0.304 e. The molecule has 0 fully saturated rings. The topological polar surface area (TPSA) is 3.24 Å². The molecule has 0 saturated carbocycles. The standard InChI is InChI=1S/C25H45N.ClH/c1-4-26(5-2)23-19-15-13-11-9-7-6-8-10-12-14-16-21-25-22-18-17-20-24(25)3;/h17-18,20,22H,4-16,19,21,23H2,1-3H3;1H. The molecule has 0 unspecified atom stereocenters. The Morgan fingerprint density at radius 1 is 0.630 bits per heavy atom. The number of rotatable bonds is 17. The number of aryl methyl sites for hydroxylation is 2. The monoisotopic (exact) mass is 395 g/mol. The Balaban J connectivity index is 0.00000676. The van der Waals surface area contributed by atoms with Gasteiger partial charge in [0.05, 0.1) is 0 Å². The van der Waals surface area contributed by atoms with Gasteiger partial charge >= 0.3 is 0 Å². The van der Waals surface area contributed by atoms with Crippen molar-refractivity contribution in [2.45, 2.75) is 104 Å². The Kier molecular flexibility index (Phi) is 18.4. The number of nitrogens with zero attached hydrogens (tertiary/aromatic N) is 1. The maximum Gasteiger partial charge on any atom is -0.00190 e. The van der Waals surface area contributed by atoms with E-state index in [4.69, 9.17) is 0 Å². The summed E-state index contributed by atoms with van der Waals surface area (Å²) in [5, 5.41) is 0. The summed E-state index contributed by atoms with van der Waals surface area (Å²) in [5.74, 6) is 0. The normalized spacial score (nSPS) is 11.0. The number of hydrogen-bond donors (Lipinski definition) is 0. The van der Waals surface area contributed by atoms with Gasteiger partial charge in [-0.15, -0.1) is 12.4 Å². The fourth-order valence-corrected chi connectivity index (χ4v) is 3.85. The highest BCUT2D eigenvalue weighted by molar-refractivity contribution is 5.85. The first kappa shape index (κ1) is 26.5. The fraction of sp³-hybridized carbons (Fsp3) is 0.760. The third-order valence-corrected chi connectivity index (χ3v) is 5.83. The highest BCUT2D eigenvalue weighted by Gasteiger charge is 1.99. The summed E-state index contributed by atoms with van der Waals surface area (Å²) in [6, 6.07) is 8.85. The molecule has 158 valence electrons. The second kappa shape index (κ2) is 18.8. The van der Waals surface area contributed by atoms with Crippen molar-refractivity contribution in [3.8, 4) is 0 Å². The minimum atomic E-state index is 0. The van der Waals surface area contributed by atoms with Gasteiger partial charge in [-0.2, -0.15) is 0 Å². The number of hydrogen-bond acceptors (Lipinski definition) is 1. The Hall–Kier alpha value is -0.530. The molecule has 0 aliphatic carbocycles. The zero-order valence-electron chi connectivity index (χ0n) is 18.5. The number of unbranched alkanes of at least 4 members (excludes halogenated alkanes) is 11. The molecule has 0 saturated heterocycles. The molecule has 0 bridgehead atoms. The molecule has 0 N–H and O–H groups in total. The average molecular weight is 396 g/mol. The molecule has 0 heterocycles. The second-order valence-electron chi connectivity index (χ2n) is 7.95. The van der Waals surface area contributed by atoms with Gasteiger partial charge in [-0.1, -0.05) is 102 Å². The van der Waals surface area contributed by atoms with E-state index in [9.17, 15) is 0 Å². The summed E-state index contributed by atoms with van der Waals surface area (Å²) in [6.07, 6.45) is 18.4. The number of halogens is 1. The van der Waals surface area contributed by atoms with Gasteiger partial charge in [-0.05, 0) is 56.9 Å². The van der Waals surface area contributed by atoms with Crippen LogP contribution in [0, 0.1) is 6.92 Å². The van der Waals surface area contributed by atoms with Crippen molar-refractivity contribution in [1.82, 2.24) is 4.90 Å². The van der Waals surface area contributed by atoms with Gasteiger partial charge in [0, 0.05) is 0 Å². The molecule has 0 aromatic heterocycles. The van der Waals surface area contributed by atoms with Crippen LogP contribution in [-0.2, 0) is 6.42 Å². The predicted molar refractivity (Wildman–Crippen MR) is 125 cm³/mol. The minimum absolute atomic E-state index is 0. The second-order valence-corrected chi connectivity index (χ2v) is 7.95. The van der Waals surface area contributed by atoms with Crippen LogP contribution in [0.5, 0.6) is 0 Å². The lowest BCUT2D eigenvalue weighted by atomic mass is 10.0. The molecule has 2 heteroatoms. The zero-order chi connectivity index (χ0) is 18.9. The van der Waals surface area contributed by atoms with Gasteiger partial charge in [-0.25, -0.2) is 0 Å². The first-order valence-corrected chi connectivity index (χ1v) is 11.5. The van der Waals surface area contributed by atoms with Crippen LogP contribution < -0.4 is 0 Å². The van der Waals surface area contributed by atoms with E-state index in [0.717, 1.165) is 0 Å². The quantitative estimate of drug-likeness (QED) is 0.241. The Labute approximate surface area is 176 Å². The summed E-state index contributed by atoms with van der Waals surface area (Å²) < 4.78 is 0. The van der Waals surface area contributed by atoms with E-state index in [-0.39, 0.29) is 12.4 Å². The lowest BCUT2D eigenvalue weighted by Gasteiger charge is -2.17. The maximum absolute atomic E-state index is 2.54. The molecule has 27 heavy (non-hydrogen) atoms. The van der Waals surface area contributed by atoms with Crippen LogP contribution in [0.4, 0.5) is 0 Å². The van der Waals surface area contributed by atoms with Crippen molar-refractivity contribution in [1.29, 1.82) is 0 Å². The van der Waals surface area contributed by atoms with Crippen LogP contribution in [0.1, 0.15) is 102 Å². The number of benzene rings is 1. The zero-order valence-corrected chi connectivity index (χ0v) is 19.3. The van der Waals surface area contributed by atoms with Crippen LogP contribution in [0.2, 0.25) is 0 Å². The van der Waals surface area contributed by atoms with E-state index in [0.29, 0.717) is 0 Å². The van der Waals surface area contributed by atoms with Gasteiger partial charge in [0.1, 0.15) is 0 Å². The van der Waals surface area contributed by atoms with Crippen LogP contribution in [0.3, 0.4) is 0 Å². The highest BCUT2D eigenvalue weighted by atomic mass is 35.5. The van der Waals surface area contributed by atoms with Crippen molar-refractivity contribution < 1.29 is 0 Å². The van der Waals surface area contributed by atoms with Gasteiger partial charge < -0.3 is 4.90 Å². The molecule has 1 aromatic rings. The summed E-state index contributed by atoms with van der Waals surface area (Å²) in [6.45, 7) is 10.5. The fourth-order valence-electron chi connectivity index (χ4n) is 3.85. The third kappa shape index (κ3) is 14.2. The van der Waals surface area contributed by atoms with Crippen LogP contribution in [0.25, 0.3) is 0 Å². The van der Waals surface area contributed by atoms with E-state index >= 15 is 0 Å². The lowest BCUT2D eigenvalue weighted by molar-refractivity contribution is 0.295. The predicted octanol–water partition coefficient (Wildman–Crippen LogP) is 7.98. The molecule has 0 spiro atoms. The first-order valence-electron chi connectivity index (χ1n) is 11.5. The molecular weight excluding hydrogens is 350 g/mol. The van der Waals surface area contributed by atoms with Gasteiger partial charge in [0.25, 0.3) is 0 Å². The molecule has 0 amide bonds. The molecule has 1 aromatic carbocycles. The summed E-state index contributed by atoms with van der Waals surface area (Å²) in [7, 11) is 0. The lowest BCUT2D eigenvalue weighted by Crippen LogP contribution is -2.23. The average Bonchev–Trinajstić information content (AvgIpc) is 2.66. The molecule has 1 nitrogen and oxygen atoms in total. The molecule has 0 radical (unpaired) electrons. The SMILES string of the molecule is CCN(CC)CCCCCCCCCCCCCCc1ccccc1C.Cl. The van der Waals surface area contributed by atoms with E-state index in [1.807, 2.05) is 0 Å². The molecule has 0 aliphatic rings. The molecule has 0 atom stereocenters. The summed E-state index contributed by atoms with van der Waals surface area (Å²) in [5.41, 5.74) is 3.00. The van der Waals surface area contributed by atoms with Crippen molar-refractivity contribution in [2.75, 3.05) is 19.6 Å². The Morgan fingerprint density at radius 3 is 1.56 bits per heavy atom.